The molecule has 20 heavy (non-hydrogen) atoms. The zero-order chi connectivity index (χ0) is 14.3. The Bertz CT molecular complexity index is 672. The Morgan fingerprint density at radius 3 is 2.55 bits per heavy atom. The Hall–Kier alpha value is -1.45. The Morgan fingerprint density at radius 2 is 1.80 bits per heavy atom. The predicted molar refractivity (Wildman–Crippen MR) is 73.7 cm³/mol. The van der Waals surface area contributed by atoms with E-state index in [0.717, 1.165) is 11.1 Å². The molecule has 0 bridgehead atoms. The molecule has 0 spiro atoms. The third kappa shape index (κ3) is 2.32. The van der Waals surface area contributed by atoms with Crippen LogP contribution >= 0.6 is 11.6 Å². The third-order valence-corrected chi connectivity index (χ3v) is 4.23. The SMILES string of the molecule is OC1(Cc2ccc(F)cc2Cl)CCc2cc(F)ccc21. The topological polar surface area (TPSA) is 20.2 Å². The summed E-state index contributed by atoms with van der Waals surface area (Å²) >= 11 is 6.01. The van der Waals surface area contributed by atoms with Crippen molar-refractivity contribution in [1.29, 1.82) is 0 Å². The molecule has 1 atom stereocenters. The lowest BCUT2D eigenvalue weighted by Crippen LogP contribution is -2.25. The highest BCUT2D eigenvalue weighted by atomic mass is 35.5. The average Bonchev–Trinajstić information content (AvgIpc) is 2.70. The number of aryl methyl sites for hydroxylation is 1. The molecule has 0 fully saturated rings. The summed E-state index contributed by atoms with van der Waals surface area (Å²) < 4.78 is 26.3. The van der Waals surface area contributed by atoms with Gasteiger partial charge in [0.2, 0.25) is 0 Å². The van der Waals surface area contributed by atoms with Crippen LogP contribution in [-0.2, 0) is 18.4 Å². The molecule has 1 nitrogen and oxygen atoms in total. The predicted octanol–water partition coefficient (Wildman–Crippen LogP) is 3.99. The second kappa shape index (κ2) is 4.83. The monoisotopic (exact) mass is 294 g/mol. The van der Waals surface area contributed by atoms with Crippen molar-refractivity contribution in [2.24, 2.45) is 0 Å². The minimum atomic E-state index is -1.06. The van der Waals surface area contributed by atoms with Gasteiger partial charge in [0.15, 0.2) is 0 Å². The molecule has 1 unspecified atom stereocenters. The summed E-state index contributed by atoms with van der Waals surface area (Å²) in [7, 11) is 0. The van der Waals surface area contributed by atoms with Gasteiger partial charge >= 0.3 is 0 Å². The number of aliphatic hydroxyl groups is 1. The summed E-state index contributed by atoms with van der Waals surface area (Å²) in [5, 5.41) is 11.1. The number of fused-ring (bicyclic) bond motifs is 1. The third-order valence-electron chi connectivity index (χ3n) is 3.87. The fourth-order valence-corrected chi connectivity index (χ4v) is 3.10. The van der Waals surface area contributed by atoms with Gasteiger partial charge in [-0.3, -0.25) is 0 Å². The van der Waals surface area contributed by atoms with Gasteiger partial charge in [-0.15, -0.1) is 0 Å². The molecule has 0 radical (unpaired) electrons. The van der Waals surface area contributed by atoms with E-state index in [9.17, 15) is 13.9 Å². The second-order valence-electron chi connectivity index (χ2n) is 5.25. The van der Waals surface area contributed by atoms with Crippen LogP contribution < -0.4 is 0 Å². The molecule has 0 aromatic heterocycles. The molecule has 0 heterocycles. The highest BCUT2D eigenvalue weighted by Gasteiger charge is 2.37. The van der Waals surface area contributed by atoms with Crippen LogP contribution in [0.15, 0.2) is 36.4 Å². The van der Waals surface area contributed by atoms with Crippen LogP contribution in [0.2, 0.25) is 5.02 Å². The van der Waals surface area contributed by atoms with E-state index in [-0.39, 0.29) is 5.82 Å². The molecule has 2 aromatic carbocycles. The van der Waals surface area contributed by atoms with E-state index in [0.29, 0.717) is 29.8 Å². The fraction of sp³-hybridized carbons (Fsp3) is 0.250. The van der Waals surface area contributed by atoms with E-state index in [1.54, 1.807) is 12.1 Å². The molecule has 1 aliphatic carbocycles. The highest BCUT2D eigenvalue weighted by molar-refractivity contribution is 6.31. The van der Waals surface area contributed by atoms with Gasteiger partial charge < -0.3 is 5.11 Å². The van der Waals surface area contributed by atoms with Crippen molar-refractivity contribution in [3.05, 3.63) is 69.7 Å². The van der Waals surface area contributed by atoms with Gasteiger partial charge in [-0.1, -0.05) is 23.7 Å². The molecule has 4 heteroatoms. The highest BCUT2D eigenvalue weighted by Crippen LogP contribution is 2.40. The number of halogens is 3. The number of hydrogen-bond acceptors (Lipinski definition) is 1. The number of benzene rings is 2. The second-order valence-corrected chi connectivity index (χ2v) is 5.65. The first kappa shape index (κ1) is 13.5. The lowest BCUT2D eigenvalue weighted by Gasteiger charge is -2.24. The maximum Gasteiger partial charge on any atom is 0.124 e. The zero-order valence-electron chi connectivity index (χ0n) is 10.7. The quantitative estimate of drug-likeness (QED) is 0.888. The first-order valence-electron chi connectivity index (χ1n) is 6.43. The standard InChI is InChI=1S/C16H13ClF2O/c17-15-8-13(19)2-1-11(15)9-16(20)6-5-10-7-12(18)3-4-14(10)16/h1-4,7-8,20H,5-6,9H2. The van der Waals surface area contributed by atoms with E-state index in [4.69, 9.17) is 11.6 Å². The fourth-order valence-electron chi connectivity index (χ4n) is 2.86. The molecule has 0 amide bonds. The van der Waals surface area contributed by atoms with Crippen molar-refractivity contribution < 1.29 is 13.9 Å². The van der Waals surface area contributed by atoms with Crippen molar-refractivity contribution in [3.63, 3.8) is 0 Å². The van der Waals surface area contributed by atoms with Crippen LogP contribution in [-0.4, -0.2) is 5.11 Å². The van der Waals surface area contributed by atoms with Crippen LogP contribution in [0, 0.1) is 11.6 Å². The van der Waals surface area contributed by atoms with Gasteiger partial charge in [0.05, 0.1) is 5.60 Å². The van der Waals surface area contributed by atoms with Gasteiger partial charge in [-0.25, -0.2) is 8.78 Å². The number of rotatable bonds is 2. The summed E-state index contributed by atoms with van der Waals surface area (Å²) in [4.78, 5) is 0. The smallest absolute Gasteiger partial charge is 0.124 e. The molecular formula is C16H13ClF2O. The van der Waals surface area contributed by atoms with Crippen LogP contribution in [0.4, 0.5) is 8.78 Å². The molecule has 1 aliphatic rings. The molecule has 104 valence electrons. The van der Waals surface area contributed by atoms with Crippen molar-refractivity contribution in [2.75, 3.05) is 0 Å². The maximum absolute atomic E-state index is 13.2. The van der Waals surface area contributed by atoms with Gasteiger partial charge in [0, 0.05) is 11.4 Å². The van der Waals surface area contributed by atoms with Crippen LogP contribution in [0.25, 0.3) is 0 Å². The van der Waals surface area contributed by atoms with E-state index in [2.05, 4.69) is 0 Å². The molecule has 1 N–H and O–H groups in total. The summed E-state index contributed by atoms with van der Waals surface area (Å²) in [6.07, 6.45) is 1.44. The van der Waals surface area contributed by atoms with Gasteiger partial charge in [-0.2, -0.15) is 0 Å². The van der Waals surface area contributed by atoms with Crippen molar-refractivity contribution in [2.45, 2.75) is 24.9 Å². The molecule has 2 aromatic rings. The molecule has 0 aliphatic heterocycles. The van der Waals surface area contributed by atoms with Crippen molar-refractivity contribution in [3.8, 4) is 0 Å². The van der Waals surface area contributed by atoms with Crippen molar-refractivity contribution >= 4 is 11.6 Å². The first-order chi connectivity index (χ1) is 9.48. The zero-order valence-corrected chi connectivity index (χ0v) is 11.4. The van der Waals surface area contributed by atoms with Crippen LogP contribution in [0.5, 0.6) is 0 Å². The average molecular weight is 295 g/mol. The van der Waals surface area contributed by atoms with Gasteiger partial charge in [-0.05, 0) is 53.8 Å². The molecule has 0 saturated heterocycles. The molecule has 0 saturated carbocycles. The summed E-state index contributed by atoms with van der Waals surface area (Å²) in [6, 6.07) is 8.57. The minimum Gasteiger partial charge on any atom is -0.385 e. The van der Waals surface area contributed by atoms with Gasteiger partial charge in [0.1, 0.15) is 11.6 Å². The van der Waals surface area contributed by atoms with E-state index < -0.39 is 11.4 Å². The Morgan fingerprint density at radius 1 is 1.10 bits per heavy atom. The summed E-state index contributed by atoms with van der Waals surface area (Å²) in [5.41, 5.74) is 1.18. The summed E-state index contributed by atoms with van der Waals surface area (Å²) in [6.45, 7) is 0. The lowest BCUT2D eigenvalue weighted by atomic mass is 9.89. The summed E-state index contributed by atoms with van der Waals surface area (Å²) in [5.74, 6) is -0.701. The minimum absolute atomic E-state index is 0.296. The number of hydrogen-bond donors (Lipinski definition) is 1. The molecular weight excluding hydrogens is 282 g/mol. The van der Waals surface area contributed by atoms with E-state index in [1.165, 1.54) is 24.3 Å². The lowest BCUT2D eigenvalue weighted by molar-refractivity contribution is 0.0389. The first-order valence-corrected chi connectivity index (χ1v) is 6.81. The van der Waals surface area contributed by atoms with Gasteiger partial charge in [0.25, 0.3) is 0 Å². The van der Waals surface area contributed by atoms with Crippen LogP contribution in [0.3, 0.4) is 0 Å². The van der Waals surface area contributed by atoms with E-state index in [1.807, 2.05) is 0 Å². The molecule has 3 rings (SSSR count). The largest absolute Gasteiger partial charge is 0.385 e. The Kier molecular flexibility index (Phi) is 3.27. The Labute approximate surface area is 120 Å². The van der Waals surface area contributed by atoms with Crippen LogP contribution in [0.1, 0.15) is 23.1 Å². The Balaban J connectivity index is 1.96. The van der Waals surface area contributed by atoms with E-state index >= 15 is 0 Å². The maximum atomic E-state index is 13.2. The normalized spacial score (nSPS) is 21.0. The van der Waals surface area contributed by atoms with Crippen molar-refractivity contribution in [1.82, 2.24) is 0 Å².